The van der Waals surface area contributed by atoms with Crippen molar-refractivity contribution >= 4 is 5.82 Å². The van der Waals surface area contributed by atoms with Crippen LogP contribution in [0, 0.1) is 11.3 Å². The molecule has 6 heteroatoms. The average molecular weight is 222 g/mol. The van der Waals surface area contributed by atoms with E-state index >= 15 is 0 Å². The summed E-state index contributed by atoms with van der Waals surface area (Å²) in [6, 6.07) is 3.27. The third-order valence-corrected chi connectivity index (χ3v) is 2.23. The Hall–Kier alpha value is -1.68. The molecule has 0 aliphatic carbocycles. The third-order valence-electron chi connectivity index (χ3n) is 2.23. The monoisotopic (exact) mass is 222 g/mol. The van der Waals surface area contributed by atoms with E-state index in [1.807, 2.05) is 6.07 Å². The smallest absolute Gasteiger partial charge is 0.141 e. The number of nitrogen functional groups attached to an aromatic ring is 1. The predicted octanol–water partition coefficient (Wildman–Crippen LogP) is -0.721. The molecule has 1 rings (SSSR count). The Balaban J connectivity index is 2.92. The fraction of sp³-hybridized carbons (Fsp3) is 0.400. The standard InChI is InChI=1S/C10H14N4O2/c11-2-1-8(15)9(16)7-3-6(4-12)10(13)14-5-7/h3,5,8-9,15-16H,1-2,11H2,(H2,13,14). The summed E-state index contributed by atoms with van der Waals surface area (Å²) in [6.45, 7) is 0.270. The number of nitrogens with two attached hydrogens (primary N) is 2. The van der Waals surface area contributed by atoms with Crippen LogP contribution in [0.15, 0.2) is 12.3 Å². The van der Waals surface area contributed by atoms with E-state index in [4.69, 9.17) is 16.7 Å². The van der Waals surface area contributed by atoms with Crippen LogP contribution in [-0.2, 0) is 0 Å². The first kappa shape index (κ1) is 12.4. The number of nitrogens with zero attached hydrogens (tertiary/aromatic N) is 2. The van der Waals surface area contributed by atoms with E-state index in [0.717, 1.165) is 0 Å². The molecule has 1 aromatic rings. The summed E-state index contributed by atoms with van der Waals surface area (Å²) < 4.78 is 0. The van der Waals surface area contributed by atoms with Crippen molar-refractivity contribution in [3.8, 4) is 6.07 Å². The van der Waals surface area contributed by atoms with Crippen molar-refractivity contribution in [3.63, 3.8) is 0 Å². The number of hydrogen-bond acceptors (Lipinski definition) is 6. The number of aliphatic hydroxyl groups is 2. The van der Waals surface area contributed by atoms with E-state index in [1.165, 1.54) is 12.3 Å². The van der Waals surface area contributed by atoms with Gasteiger partial charge in [0.2, 0.25) is 0 Å². The molecule has 86 valence electrons. The quantitative estimate of drug-likeness (QED) is 0.532. The van der Waals surface area contributed by atoms with Gasteiger partial charge < -0.3 is 21.7 Å². The zero-order valence-electron chi connectivity index (χ0n) is 8.67. The zero-order valence-corrected chi connectivity index (χ0v) is 8.67. The summed E-state index contributed by atoms with van der Waals surface area (Å²) in [7, 11) is 0. The van der Waals surface area contributed by atoms with Gasteiger partial charge in [0.25, 0.3) is 0 Å². The lowest BCUT2D eigenvalue weighted by Crippen LogP contribution is -2.22. The highest BCUT2D eigenvalue weighted by molar-refractivity contribution is 5.49. The number of aliphatic hydroxyl groups excluding tert-OH is 2. The second-order valence-corrected chi connectivity index (χ2v) is 3.40. The average Bonchev–Trinajstić information content (AvgIpc) is 2.29. The van der Waals surface area contributed by atoms with Crippen LogP contribution < -0.4 is 11.5 Å². The van der Waals surface area contributed by atoms with Crippen molar-refractivity contribution in [2.75, 3.05) is 12.3 Å². The Morgan fingerprint density at radius 3 is 2.75 bits per heavy atom. The van der Waals surface area contributed by atoms with E-state index in [0.29, 0.717) is 5.56 Å². The molecule has 1 aromatic heterocycles. The molecule has 0 spiro atoms. The van der Waals surface area contributed by atoms with E-state index in [2.05, 4.69) is 4.98 Å². The second-order valence-electron chi connectivity index (χ2n) is 3.40. The summed E-state index contributed by atoms with van der Waals surface area (Å²) in [5.41, 5.74) is 11.2. The van der Waals surface area contributed by atoms with Crippen LogP contribution in [0.1, 0.15) is 23.7 Å². The number of nitriles is 1. The van der Waals surface area contributed by atoms with Crippen LogP contribution in [0.2, 0.25) is 0 Å². The molecule has 0 radical (unpaired) electrons. The minimum Gasteiger partial charge on any atom is -0.390 e. The van der Waals surface area contributed by atoms with Gasteiger partial charge in [-0.25, -0.2) is 4.98 Å². The normalized spacial score (nSPS) is 14.1. The van der Waals surface area contributed by atoms with Gasteiger partial charge in [0.1, 0.15) is 18.0 Å². The number of aromatic nitrogens is 1. The maximum Gasteiger partial charge on any atom is 0.141 e. The highest BCUT2D eigenvalue weighted by Gasteiger charge is 2.18. The largest absolute Gasteiger partial charge is 0.390 e. The fourth-order valence-corrected chi connectivity index (χ4v) is 1.29. The molecule has 2 unspecified atom stereocenters. The lowest BCUT2D eigenvalue weighted by atomic mass is 10.0. The first-order valence-corrected chi connectivity index (χ1v) is 4.82. The summed E-state index contributed by atoms with van der Waals surface area (Å²) in [5, 5.41) is 28.0. The Morgan fingerprint density at radius 2 is 2.19 bits per heavy atom. The number of rotatable bonds is 4. The minimum atomic E-state index is -1.11. The molecule has 2 atom stereocenters. The maximum atomic E-state index is 9.74. The van der Waals surface area contributed by atoms with Gasteiger partial charge in [-0.2, -0.15) is 5.26 Å². The van der Waals surface area contributed by atoms with Crippen molar-refractivity contribution < 1.29 is 10.2 Å². The number of pyridine rings is 1. The minimum absolute atomic E-state index is 0.103. The topological polar surface area (TPSA) is 129 Å². The predicted molar refractivity (Wildman–Crippen MR) is 58.0 cm³/mol. The van der Waals surface area contributed by atoms with Crippen molar-refractivity contribution in [3.05, 3.63) is 23.4 Å². The van der Waals surface area contributed by atoms with Crippen LogP contribution >= 0.6 is 0 Å². The summed E-state index contributed by atoms with van der Waals surface area (Å²) in [4.78, 5) is 3.77. The van der Waals surface area contributed by atoms with Gasteiger partial charge in [0.05, 0.1) is 11.7 Å². The molecule has 0 saturated heterocycles. The zero-order chi connectivity index (χ0) is 12.1. The molecule has 0 saturated carbocycles. The van der Waals surface area contributed by atoms with E-state index in [9.17, 15) is 10.2 Å². The van der Waals surface area contributed by atoms with E-state index < -0.39 is 12.2 Å². The van der Waals surface area contributed by atoms with Crippen molar-refractivity contribution in [2.45, 2.75) is 18.6 Å². The Labute approximate surface area is 93.1 Å². The van der Waals surface area contributed by atoms with Gasteiger partial charge in [0.15, 0.2) is 0 Å². The van der Waals surface area contributed by atoms with Crippen molar-refractivity contribution in [1.29, 1.82) is 5.26 Å². The van der Waals surface area contributed by atoms with Gasteiger partial charge in [-0.05, 0) is 19.0 Å². The van der Waals surface area contributed by atoms with Crippen molar-refractivity contribution in [1.82, 2.24) is 4.98 Å². The molecule has 0 fully saturated rings. The molecule has 0 amide bonds. The van der Waals surface area contributed by atoms with Crippen LogP contribution in [0.4, 0.5) is 5.82 Å². The Bertz CT molecular complexity index is 402. The van der Waals surface area contributed by atoms with E-state index in [1.54, 1.807) is 0 Å². The molecule has 1 heterocycles. The number of hydrogen-bond donors (Lipinski definition) is 4. The first-order valence-electron chi connectivity index (χ1n) is 4.82. The molecule has 6 N–H and O–H groups in total. The van der Waals surface area contributed by atoms with Gasteiger partial charge in [0, 0.05) is 11.8 Å². The molecule has 16 heavy (non-hydrogen) atoms. The lowest BCUT2D eigenvalue weighted by molar-refractivity contribution is 0.0148. The molecule has 0 bridgehead atoms. The van der Waals surface area contributed by atoms with Gasteiger partial charge in [-0.3, -0.25) is 0 Å². The second kappa shape index (κ2) is 5.42. The van der Waals surface area contributed by atoms with Crippen molar-refractivity contribution in [2.24, 2.45) is 5.73 Å². The fourth-order valence-electron chi connectivity index (χ4n) is 1.29. The van der Waals surface area contributed by atoms with Crippen LogP contribution in [0.3, 0.4) is 0 Å². The molecule has 0 aliphatic rings. The highest BCUT2D eigenvalue weighted by atomic mass is 16.3. The summed E-state index contributed by atoms with van der Waals surface area (Å²) >= 11 is 0. The lowest BCUT2D eigenvalue weighted by Gasteiger charge is -2.17. The van der Waals surface area contributed by atoms with Crippen LogP contribution in [0.5, 0.6) is 0 Å². The first-order chi connectivity index (χ1) is 7.60. The molecule has 0 aromatic carbocycles. The van der Waals surface area contributed by atoms with Gasteiger partial charge in [-0.1, -0.05) is 0 Å². The Kier molecular flexibility index (Phi) is 4.19. The molecular formula is C10H14N4O2. The molecule has 0 aliphatic heterocycles. The van der Waals surface area contributed by atoms with Gasteiger partial charge in [-0.15, -0.1) is 0 Å². The van der Waals surface area contributed by atoms with Gasteiger partial charge >= 0.3 is 0 Å². The van der Waals surface area contributed by atoms with Crippen LogP contribution in [-0.4, -0.2) is 27.8 Å². The highest BCUT2D eigenvalue weighted by Crippen LogP contribution is 2.20. The third kappa shape index (κ3) is 2.67. The van der Waals surface area contributed by atoms with Crippen LogP contribution in [0.25, 0.3) is 0 Å². The van der Waals surface area contributed by atoms with E-state index in [-0.39, 0.29) is 24.3 Å². The maximum absolute atomic E-state index is 9.74. The summed E-state index contributed by atoms with van der Waals surface area (Å²) in [5.74, 6) is 0.103. The Morgan fingerprint density at radius 1 is 1.50 bits per heavy atom. The molecular weight excluding hydrogens is 208 g/mol. The summed E-state index contributed by atoms with van der Waals surface area (Å²) in [6.07, 6.45) is -0.473. The molecule has 6 nitrogen and oxygen atoms in total. The SMILES string of the molecule is N#Cc1cc(C(O)C(O)CCN)cnc1N. The number of anilines is 1.